The van der Waals surface area contributed by atoms with Gasteiger partial charge < -0.3 is 16.2 Å². The zero-order chi connectivity index (χ0) is 12.9. The van der Waals surface area contributed by atoms with Gasteiger partial charge in [0.25, 0.3) is 0 Å². The molecule has 0 bridgehead atoms. The van der Waals surface area contributed by atoms with Crippen LogP contribution >= 0.6 is 0 Å². The quantitative estimate of drug-likeness (QED) is 0.677. The second-order valence-electron chi connectivity index (χ2n) is 5.72. The molecule has 0 aromatic carbocycles. The summed E-state index contributed by atoms with van der Waals surface area (Å²) in [6, 6.07) is 0. The fourth-order valence-electron chi connectivity index (χ4n) is 2.27. The van der Waals surface area contributed by atoms with Crippen molar-refractivity contribution in [3.8, 4) is 0 Å². The van der Waals surface area contributed by atoms with Crippen LogP contribution in [0.25, 0.3) is 0 Å². The molecule has 1 rings (SSSR count). The molecule has 17 heavy (non-hydrogen) atoms. The van der Waals surface area contributed by atoms with E-state index in [2.05, 4.69) is 5.32 Å². The van der Waals surface area contributed by atoms with Gasteiger partial charge in [0.15, 0.2) is 0 Å². The predicted molar refractivity (Wildman–Crippen MR) is 68.5 cm³/mol. The lowest BCUT2D eigenvalue weighted by Gasteiger charge is -2.32. The SMILES string of the molecule is CC(C)C(O)CNC(=O)CC1(N)CCCCC1. The number of carbonyl (C=O) groups excluding carboxylic acids is 1. The van der Waals surface area contributed by atoms with Gasteiger partial charge in [-0.05, 0) is 18.8 Å². The van der Waals surface area contributed by atoms with E-state index < -0.39 is 6.10 Å². The fraction of sp³-hybridized carbons (Fsp3) is 0.923. The van der Waals surface area contributed by atoms with Crippen LogP contribution in [-0.4, -0.2) is 29.2 Å². The summed E-state index contributed by atoms with van der Waals surface area (Å²) in [5, 5.41) is 12.4. The molecule has 1 atom stereocenters. The number of nitrogens with two attached hydrogens (primary N) is 1. The van der Waals surface area contributed by atoms with Crippen molar-refractivity contribution < 1.29 is 9.90 Å². The second kappa shape index (κ2) is 6.36. The van der Waals surface area contributed by atoms with Gasteiger partial charge in [0.2, 0.25) is 5.91 Å². The van der Waals surface area contributed by atoms with Gasteiger partial charge in [-0.15, -0.1) is 0 Å². The van der Waals surface area contributed by atoms with E-state index in [9.17, 15) is 9.90 Å². The van der Waals surface area contributed by atoms with Crippen molar-refractivity contribution in [2.75, 3.05) is 6.54 Å². The first kappa shape index (κ1) is 14.5. The Labute approximate surface area is 104 Å². The second-order valence-corrected chi connectivity index (χ2v) is 5.72. The first-order chi connectivity index (χ1) is 7.93. The molecule has 1 amide bonds. The van der Waals surface area contributed by atoms with Crippen LogP contribution in [0.3, 0.4) is 0 Å². The summed E-state index contributed by atoms with van der Waals surface area (Å²) >= 11 is 0. The third-order valence-electron chi connectivity index (χ3n) is 3.64. The number of rotatable bonds is 5. The zero-order valence-electron chi connectivity index (χ0n) is 11.0. The molecular formula is C13H26N2O2. The lowest BCUT2D eigenvalue weighted by atomic mass is 9.80. The van der Waals surface area contributed by atoms with Crippen LogP contribution in [0.15, 0.2) is 0 Å². The number of aliphatic hydroxyl groups is 1. The number of hydrogen-bond donors (Lipinski definition) is 3. The number of aliphatic hydroxyl groups excluding tert-OH is 1. The molecule has 1 aliphatic rings. The Morgan fingerprint density at radius 1 is 1.35 bits per heavy atom. The van der Waals surface area contributed by atoms with Crippen LogP contribution in [-0.2, 0) is 4.79 Å². The molecule has 0 aliphatic heterocycles. The van der Waals surface area contributed by atoms with E-state index in [-0.39, 0.29) is 17.4 Å². The Morgan fingerprint density at radius 3 is 2.47 bits per heavy atom. The van der Waals surface area contributed by atoms with E-state index in [1.54, 1.807) is 0 Å². The topological polar surface area (TPSA) is 75.3 Å². The third-order valence-corrected chi connectivity index (χ3v) is 3.64. The molecule has 0 spiro atoms. The Balaban J connectivity index is 2.28. The van der Waals surface area contributed by atoms with E-state index in [4.69, 9.17) is 5.73 Å². The van der Waals surface area contributed by atoms with Gasteiger partial charge >= 0.3 is 0 Å². The Hall–Kier alpha value is -0.610. The summed E-state index contributed by atoms with van der Waals surface area (Å²) in [6.45, 7) is 4.19. The molecule has 4 N–H and O–H groups in total. The van der Waals surface area contributed by atoms with Crippen molar-refractivity contribution in [2.45, 2.75) is 64.0 Å². The predicted octanol–water partition coefficient (Wildman–Crippen LogP) is 1.17. The van der Waals surface area contributed by atoms with Crippen LogP contribution in [0.5, 0.6) is 0 Å². The summed E-state index contributed by atoms with van der Waals surface area (Å²) in [6.07, 6.45) is 5.26. The first-order valence-corrected chi connectivity index (χ1v) is 6.67. The molecule has 0 aromatic heterocycles. The number of nitrogens with one attached hydrogen (secondary N) is 1. The van der Waals surface area contributed by atoms with Gasteiger partial charge in [0.05, 0.1) is 6.10 Å². The molecule has 1 saturated carbocycles. The van der Waals surface area contributed by atoms with Crippen molar-refractivity contribution in [1.82, 2.24) is 5.32 Å². The summed E-state index contributed by atoms with van der Waals surface area (Å²) < 4.78 is 0. The maximum Gasteiger partial charge on any atom is 0.221 e. The maximum atomic E-state index is 11.7. The van der Waals surface area contributed by atoms with Gasteiger partial charge in [0, 0.05) is 18.5 Å². The lowest BCUT2D eigenvalue weighted by molar-refractivity contribution is -0.123. The number of carbonyl (C=O) groups is 1. The van der Waals surface area contributed by atoms with E-state index in [1.165, 1.54) is 6.42 Å². The van der Waals surface area contributed by atoms with Crippen LogP contribution in [0, 0.1) is 5.92 Å². The summed E-state index contributed by atoms with van der Waals surface area (Å²) in [5.74, 6) is 0.130. The lowest BCUT2D eigenvalue weighted by Crippen LogP contribution is -2.47. The van der Waals surface area contributed by atoms with Crippen LogP contribution in [0.1, 0.15) is 52.4 Å². The largest absolute Gasteiger partial charge is 0.391 e. The summed E-state index contributed by atoms with van der Waals surface area (Å²) in [7, 11) is 0. The molecule has 100 valence electrons. The minimum absolute atomic E-state index is 0.0332. The molecule has 4 heteroatoms. The Bertz CT molecular complexity index is 248. The van der Waals surface area contributed by atoms with E-state index in [0.29, 0.717) is 13.0 Å². The normalized spacial score (nSPS) is 21.2. The van der Waals surface area contributed by atoms with Gasteiger partial charge in [-0.3, -0.25) is 4.79 Å². The van der Waals surface area contributed by atoms with Crippen molar-refractivity contribution in [2.24, 2.45) is 11.7 Å². The smallest absolute Gasteiger partial charge is 0.221 e. The van der Waals surface area contributed by atoms with E-state index >= 15 is 0 Å². The highest BCUT2D eigenvalue weighted by Crippen LogP contribution is 2.28. The molecule has 0 heterocycles. The average molecular weight is 242 g/mol. The zero-order valence-corrected chi connectivity index (χ0v) is 11.0. The summed E-state index contributed by atoms with van der Waals surface area (Å²) in [5.41, 5.74) is 5.89. The highest BCUT2D eigenvalue weighted by Gasteiger charge is 2.30. The van der Waals surface area contributed by atoms with E-state index in [1.807, 2.05) is 13.8 Å². The van der Waals surface area contributed by atoms with Crippen molar-refractivity contribution in [3.63, 3.8) is 0 Å². The van der Waals surface area contributed by atoms with Gasteiger partial charge in [-0.2, -0.15) is 0 Å². The van der Waals surface area contributed by atoms with Crippen LogP contribution in [0.2, 0.25) is 0 Å². The van der Waals surface area contributed by atoms with E-state index in [0.717, 1.165) is 25.7 Å². The molecule has 4 nitrogen and oxygen atoms in total. The number of hydrogen-bond acceptors (Lipinski definition) is 3. The highest BCUT2D eigenvalue weighted by atomic mass is 16.3. The Kier molecular flexibility index (Phi) is 5.40. The van der Waals surface area contributed by atoms with Crippen molar-refractivity contribution in [1.29, 1.82) is 0 Å². The minimum atomic E-state index is -0.473. The number of amides is 1. The van der Waals surface area contributed by atoms with Crippen LogP contribution in [0.4, 0.5) is 0 Å². The van der Waals surface area contributed by atoms with Crippen LogP contribution < -0.4 is 11.1 Å². The fourth-order valence-corrected chi connectivity index (χ4v) is 2.27. The molecule has 1 aliphatic carbocycles. The molecule has 0 saturated heterocycles. The Morgan fingerprint density at radius 2 is 1.94 bits per heavy atom. The van der Waals surface area contributed by atoms with Gasteiger partial charge in [-0.25, -0.2) is 0 Å². The molecule has 1 fully saturated rings. The monoisotopic (exact) mass is 242 g/mol. The molecule has 0 radical (unpaired) electrons. The maximum absolute atomic E-state index is 11.7. The first-order valence-electron chi connectivity index (χ1n) is 6.67. The highest BCUT2D eigenvalue weighted by molar-refractivity contribution is 5.77. The molecule has 1 unspecified atom stereocenters. The average Bonchev–Trinajstić information content (AvgIpc) is 2.26. The minimum Gasteiger partial charge on any atom is -0.391 e. The van der Waals surface area contributed by atoms with Gasteiger partial charge in [-0.1, -0.05) is 33.1 Å². The summed E-state index contributed by atoms with van der Waals surface area (Å²) in [4.78, 5) is 11.7. The van der Waals surface area contributed by atoms with Crippen molar-refractivity contribution in [3.05, 3.63) is 0 Å². The molecule has 0 aromatic rings. The molecular weight excluding hydrogens is 216 g/mol. The third kappa shape index (κ3) is 5.04. The van der Waals surface area contributed by atoms with Crippen molar-refractivity contribution >= 4 is 5.91 Å². The van der Waals surface area contributed by atoms with Gasteiger partial charge in [0.1, 0.15) is 0 Å². The standard InChI is InChI=1S/C13H26N2O2/c1-10(2)11(16)9-15-12(17)8-13(14)6-4-3-5-7-13/h10-11,16H,3-9,14H2,1-2H3,(H,15,17).